The van der Waals surface area contributed by atoms with E-state index in [9.17, 15) is 0 Å². The smallest absolute Gasteiger partial charge is 0.141 e. The van der Waals surface area contributed by atoms with Crippen molar-refractivity contribution in [2.24, 2.45) is 5.73 Å². The Morgan fingerprint density at radius 3 is 3.00 bits per heavy atom. The highest BCUT2D eigenvalue weighted by Crippen LogP contribution is 2.12. The monoisotopic (exact) mass is 224 g/mol. The molecule has 0 aliphatic rings. The van der Waals surface area contributed by atoms with E-state index in [0.717, 1.165) is 18.0 Å². The molecule has 0 aliphatic heterocycles. The molecule has 15 heavy (non-hydrogen) atoms. The quantitative estimate of drug-likeness (QED) is 0.582. The number of amidine groups is 1. The Hall–Kier alpha value is -1.23. The maximum atomic E-state index is 7.30. The SMILES string of the molecule is CSCCN(C)c1ccnc(C(=N)N)c1. The van der Waals surface area contributed by atoms with E-state index in [-0.39, 0.29) is 5.84 Å². The fraction of sp³-hybridized carbons (Fsp3) is 0.400. The average Bonchev–Trinajstić information content (AvgIpc) is 2.26. The third-order valence-corrected chi connectivity index (χ3v) is 2.68. The fourth-order valence-electron chi connectivity index (χ4n) is 1.16. The molecule has 0 amide bonds. The molecule has 0 atom stereocenters. The molecule has 0 aromatic carbocycles. The van der Waals surface area contributed by atoms with Gasteiger partial charge in [-0.25, -0.2) is 0 Å². The predicted octanol–water partition coefficient (Wildman–Crippen LogP) is 1.16. The maximum Gasteiger partial charge on any atom is 0.141 e. The molecule has 5 heteroatoms. The standard InChI is InChI=1S/C10H16N4S/c1-14(5-6-15-2)8-3-4-13-9(7-8)10(11)12/h3-4,7H,5-6H2,1-2H3,(H3,11,12). The summed E-state index contributed by atoms with van der Waals surface area (Å²) in [5.74, 6) is 1.09. The van der Waals surface area contributed by atoms with Crippen LogP contribution in [-0.2, 0) is 0 Å². The summed E-state index contributed by atoms with van der Waals surface area (Å²) in [6, 6.07) is 3.76. The lowest BCUT2D eigenvalue weighted by Gasteiger charge is -2.18. The van der Waals surface area contributed by atoms with E-state index in [2.05, 4.69) is 16.1 Å². The van der Waals surface area contributed by atoms with Crippen LogP contribution in [0.4, 0.5) is 5.69 Å². The zero-order valence-corrected chi connectivity index (χ0v) is 9.84. The Labute approximate surface area is 94.4 Å². The first-order valence-corrected chi connectivity index (χ1v) is 6.05. The van der Waals surface area contributed by atoms with Gasteiger partial charge in [0.1, 0.15) is 11.5 Å². The van der Waals surface area contributed by atoms with Crippen molar-refractivity contribution < 1.29 is 0 Å². The molecular formula is C10H16N4S. The van der Waals surface area contributed by atoms with Crippen molar-refractivity contribution in [1.29, 1.82) is 5.41 Å². The molecule has 82 valence electrons. The van der Waals surface area contributed by atoms with Crippen LogP contribution in [0.5, 0.6) is 0 Å². The van der Waals surface area contributed by atoms with Crippen LogP contribution < -0.4 is 10.6 Å². The van der Waals surface area contributed by atoms with Crippen LogP contribution in [0.1, 0.15) is 5.69 Å². The summed E-state index contributed by atoms with van der Waals surface area (Å²) in [7, 11) is 2.02. The normalized spacial score (nSPS) is 10.0. The Morgan fingerprint density at radius 1 is 1.67 bits per heavy atom. The van der Waals surface area contributed by atoms with Crippen molar-refractivity contribution in [3.8, 4) is 0 Å². The first-order valence-electron chi connectivity index (χ1n) is 4.65. The number of rotatable bonds is 5. The van der Waals surface area contributed by atoms with Crippen LogP contribution >= 0.6 is 11.8 Å². The molecule has 0 spiro atoms. The summed E-state index contributed by atoms with van der Waals surface area (Å²) < 4.78 is 0. The fourth-order valence-corrected chi connectivity index (χ4v) is 1.62. The molecule has 0 unspecified atom stereocenters. The molecule has 0 radical (unpaired) electrons. The van der Waals surface area contributed by atoms with Crippen molar-refractivity contribution in [2.45, 2.75) is 0 Å². The highest BCUT2D eigenvalue weighted by Gasteiger charge is 2.03. The van der Waals surface area contributed by atoms with E-state index in [4.69, 9.17) is 11.1 Å². The van der Waals surface area contributed by atoms with E-state index >= 15 is 0 Å². The van der Waals surface area contributed by atoms with E-state index in [1.807, 2.05) is 30.9 Å². The first-order chi connectivity index (χ1) is 7.15. The van der Waals surface area contributed by atoms with Gasteiger partial charge < -0.3 is 10.6 Å². The number of anilines is 1. The lowest BCUT2D eigenvalue weighted by atomic mass is 10.3. The Bertz CT molecular complexity index is 340. The van der Waals surface area contributed by atoms with E-state index in [0.29, 0.717) is 5.69 Å². The maximum absolute atomic E-state index is 7.30. The third kappa shape index (κ3) is 3.43. The van der Waals surface area contributed by atoms with Gasteiger partial charge in [0.15, 0.2) is 0 Å². The van der Waals surface area contributed by atoms with Crippen molar-refractivity contribution in [3.63, 3.8) is 0 Å². The van der Waals surface area contributed by atoms with Gasteiger partial charge in [-0.3, -0.25) is 10.4 Å². The van der Waals surface area contributed by atoms with Gasteiger partial charge >= 0.3 is 0 Å². The van der Waals surface area contributed by atoms with Gasteiger partial charge in [0.2, 0.25) is 0 Å². The zero-order valence-electron chi connectivity index (χ0n) is 9.03. The molecule has 0 saturated heterocycles. The number of thioether (sulfide) groups is 1. The molecule has 0 bridgehead atoms. The van der Waals surface area contributed by atoms with Gasteiger partial charge in [0.05, 0.1) is 0 Å². The highest BCUT2D eigenvalue weighted by molar-refractivity contribution is 7.98. The Kier molecular flexibility index (Phi) is 4.42. The predicted molar refractivity (Wildman–Crippen MR) is 66.9 cm³/mol. The van der Waals surface area contributed by atoms with Crippen molar-refractivity contribution in [3.05, 3.63) is 24.0 Å². The second-order valence-electron chi connectivity index (χ2n) is 3.23. The topological polar surface area (TPSA) is 66.0 Å². The van der Waals surface area contributed by atoms with E-state index in [1.165, 1.54) is 0 Å². The van der Waals surface area contributed by atoms with Gasteiger partial charge in [-0.05, 0) is 18.4 Å². The van der Waals surface area contributed by atoms with E-state index < -0.39 is 0 Å². The molecule has 1 aromatic rings. The summed E-state index contributed by atoms with van der Waals surface area (Å²) in [4.78, 5) is 6.15. The molecule has 1 heterocycles. The summed E-state index contributed by atoms with van der Waals surface area (Å²) in [5.41, 5.74) is 6.96. The summed E-state index contributed by atoms with van der Waals surface area (Å²) >= 11 is 1.81. The van der Waals surface area contributed by atoms with Crippen LogP contribution in [-0.4, -0.2) is 36.4 Å². The first kappa shape index (κ1) is 11.8. The van der Waals surface area contributed by atoms with Crippen molar-refractivity contribution in [1.82, 2.24) is 4.98 Å². The number of nitrogen functional groups attached to an aromatic ring is 1. The highest BCUT2D eigenvalue weighted by atomic mass is 32.2. The van der Waals surface area contributed by atoms with Crippen LogP contribution in [0.15, 0.2) is 18.3 Å². The van der Waals surface area contributed by atoms with Crippen LogP contribution in [0.25, 0.3) is 0 Å². The molecule has 4 nitrogen and oxygen atoms in total. The lowest BCUT2D eigenvalue weighted by Crippen LogP contribution is -2.21. The summed E-state index contributed by atoms with van der Waals surface area (Å²) in [6.45, 7) is 0.975. The minimum absolute atomic E-state index is 0.00937. The van der Waals surface area contributed by atoms with Gasteiger partial charge in [0, 0.05) is 31.2 Å². The molecular weight excluding hydrogens is 208 g/mol. The largest absolute Gasteiger partial charge is 0.382 e. The van der Waals surface area contributed by atoms with Crippen LogP contribution in [0, 0.1) is 5.41 Å². The van der Waals surface area contributed by atoms with Crippen LogP contribution in [0.3, 0.4) is 0 Å². The van der Waals surface area contributed by atoms with Gasteiger partial charge in [-0.15, -0.1) is 0 Å². The number of nitrogens with zero attached hydrogens (tertiary/aromatic N) is 2. The number of aromatic nitrogens is 1. The second kappa shape index (κ2) is 5.60. The van der Waals surface area contributed by atoms with Crippen molar-refractivity contribution >= 4 is 23.3 Å². The molecule has 3 N–H and O–H groups in total. The van der Waals surface area contributed by atoms with E-state index in [1.54, 1.807) is 6.20 Å². The Balaban J connectivity index is 2.76. The minimum atomic E-state index is 0.00937. The number of nitrogens with one attached hydrogen (secondary N) is 1. The number of hydrogen-bond acceptors (Lipinski definition) is 4. The van der Waals surface area contributed by atoms with Crippen molar-refractivity contribution in [2.75, 3.05) is 30.5 Å². The number of nitrogens with two attached hydrogens (primary N) is 1. The Morgan fingerprint density at radius 2 is 2.40 bits per heavy atom. The second-order valence-corrected chi connectivity index (χ2v) is 4.21. The van der Waals surface area contributed by atoms with Gasteiger partial charge in [-0.2, -0.15) is 11.8 Å². The minimum Gasteiger partial charge on any atom is -0.382 e. The molecule has 0 fully saturated rings. The third-order valence-electron chi connectivity index (χ3n) is 2.09. The molecule has 0 saturated carbocycles. The lowest BCUT2D eigenvalue weighted by molar-refractivity contribution is 0.973. The van der Waals surface area contributed by atoms with Gasteiger partial charge in [0.25, 0.3) is 0 Å². The van der Waals surface area contributed by atoms with Gasteiger partial charge in [-0.1, -0.05) is 0 Å². The summed E-state index contributed by atoms with van der Waals surface area (Å²) in [5, 5.41) is 7.30. The summed E-state index contributed by atoms with van der Waals surface area (Å²) in [6.07, 6.45) is 3.77. The number of hydrogen-bond donors (Lipinski definition) is 2. The average molecular weight is 224 g/mol. The number of pyridine rings is 1. The molecule has 0 aliphatic carbocycles. The molecule has 1 aromatic heterocycles. The van der Waals surface area contributed by atoms with Crippen LogP contribution in [0.2, 0.25) is 0 Å². The zero-order chi connectivity index (χ0) is 11.3. The molecule has 1 rings (SSSR count).